The van der Waals surface area contributed by atoms with E-state index in [9.17, 15) is 5.11 Å². The van der Waals surface area contributed by atoms with E-state index >= 15 is 0 Å². The summed E-state index contributed by atoms with van der Waals surface area (Å²) in [5.74, 6) is 1.01. The third kappa shape index (κ3) is 3.12. The Bertz CT molecular complexity index is 1120. The molecule has 0 amide bonds. The lowest BCUT2D eigenvalue weighted by atomic mass is 10.00. The molecule has 0 aliphatic heterocycles. The van der Waals surface area contributed by atoms with Crippen molar-refractivity contribution in [3.8, 4) is 34.0 Å². The van der Waals surface area contributed by atoms with Gasteiger partial charge >= 0.3 is 0 Å². The van der Waals surface area contributed by atoms with Gasteiger partial charge in [-0.05, 0) is 35.7 Å². The molecule has 0 aliphatic carbocycles. The number of nitrogens with zero attached hydrogens (tertiary/aromatic N) is 3. The molecule has 2 aromatic carbocycles. The minimum Gasteiger partial charge on any atom is -0.504 e. The van der Waals surface area contributed by atoms with E-state index in [2.05, 4.69) is 48.1 Å². The van der Waals surface area contributed by atoms with E-state index in [4.69, 9.17) is 4.74 Å². The minimum atomic E-state index is 0.114. The Balaban J connectivity index is 1.83. The number of hydrogen-bond donors (Lipinski definition) is 1. The molecule has 4 aromatic rings. The molecule has 1 N–H and O–H groups in total. The summed E-state index contributed by atoms with van der Waals surface area (Å²) in [6.45, 7) is 4.36. The molecule has 0 atom stereocenters. The SMILES string of the molecule is COc1cc(-c2cnc3cnc(-c4cccc(C(C)C)c4)cn23)ccc1O. The molecule has 0 fully saturated rings. The van der Waals surface area contributed by atoms with Gasteiger partial charge in [0.25, 0.3) is 0 Å². The summed E-state index contributed by atoms with van der Waals surface area (Å²) in [7, 11) is 1.54. The van der Waals surface area contributed by atoms with Gasteiger partial charge in [-0.2, -0.15) is 0 Å². The lowest BCUT2D eigenvalue weighted by molar-refractivity contribution is 0.373. The monoisotopic (exact) mass is 359 g/mol. The van der Waals surface area contributed by atoms with Gasteiger partial charge in [-0.15, -0.1) is 0 Å². The van der Waals surface area contributed by atoms with Crippen LogP contribution in [0.2, 0.25) is 0 Å². The lowest BCUT2D eigenvalue weighted by Gasteiger charge is -2.09. The highest BCUT2D eigenvalue weighted by Gasteiger charge is 2.11. The molecule has 136 valence electrons. The Morgan fingerprint density at radius 1 is 1.00 bits per heavy atom. The number of aromatic hydroxyl groups is 1. The highest BCUT2D eigenvalue weighted by Crippen LogP contribution is 2.32. The van der Waals surface area contributed by atoms with Crippen LogP contribution in [-0.2, 0) is 0 Å². The number of fused-ring (bicyclic) bond motifs is 1. The molecule has 5 nitrogen and oxygen atoms in total. The summed E-state index contributed by atoms with van der Waals surface area (Å²) in [5.41, 5.74) is 5.82. The predicted octanol–water partition coefficient (Wildman–Crippen LogP) is 4.90. The fraction of sp³-hybridized carbons (Fsp3) is 0.182. The first kappa shape index (κ1) is 17.1. The Hall–Kier alpha value is -3.34. The Morgan fingerprint density at radius 3 is 2.63 bits per heavy atom. The number of methoxy groups -OCH3 is 1. The highest BCUT2D eigenvalue weighted by atomic mass is 16.5. The second-order valence-corrected chi connectivity index (χ2v) is 6.81. The molecular formula is C22H21N3O2. The van der Waals surface area contributed by atoms with Crippen LogP contribution in [0.15, 0.2) is 61.1 Å². The number of imidazole rings is 1. The van der Waals surface area contributed by atoms with Crippen molar-refractivity contribution in [3.63, 3.8) is 0 Å². The molecule has 2 heterocycles. The second kappa shape index (κ2) is 6.76. The normalized spacial score (nSPS) is 11.3. The van der Waals surface area contributed by atoms with Crippen molar-refractivity contribution in [1.29, 1.82) is 0 Å². The number of rotatable bonds is 4. The lowest BCUT2D eigenvalue weighted by Crippen LogP contribution is -1.94. The third-order valence-electron chi connectivity index (χ3n) is 4.72. The van der Waals surface area contributed by atoms with Crippen LogP contribution in [0.5, 0.6) is 11.5 Å². The maximum absolute atomic E-state index is 9.85. The van der Waals surface area contributed by atoms with Crippen LogP contribution >= 0.6 is 0 Å². The number of phenols is 1. The van der Waals surface area contributed by atoms with E-state index in [-0.39, 0.29) is 5.75 Å². The molecule has 2 aromatic heterocycles. The molecule has 27 heavy (non-hydrogen) atoms. The zero-order valence-electron chi connectivity index (χ0n) is 15.5. The van der Waals surface area contributed by atoms with Crippen molar-refractivity contribution in [3.05, 3.63) is 66.6 Å². The largest absolute Gasteiger partial charge is 0.504 e. The van der Waals surface area contributed by atoms with Crippen LogP contribution in [0.4, 0.5) is 0 Å². The third-order valence-corrected chi connectivity index (χ3v) is 4.72. The molecule has 0 radical (unpaired) electrons. The smallest absolute Gasteiger partial charge is 0.161 e. The summed E-state index contributed by atoms with van der Waals surface area (Å²) < 4.78 is 7.24. The number of phenolic OH excluding ortho intramolecular Hbond substituents is 1. The van der Waals surface area contributed by atoms with E-state index in [1.165, 1.54) is 12.7 Å². The molecule has 0 bridgehead atoms. The number of ether oxygens (including phenoxy) is 1. The quantitative estimate of drug-likeness (QED) is 0.563. The number of aromatic nitrogens is 3. The molecule has 0 spiro atoms. The maximum Gasteiger partial charge on any atom is 0.161 e. The summed E-state index contributed by atoms with van der Waals surface area (Å²) in [4.78, 5) is 9.04. The maximum atomic E-state index is 9.85. The van der Waals surface area contributed by atoms with E-state index in [1.807, 2.05) is 16.7 Å². The molecule has 0 aliphatic rings. The van der Waals surface area contributed by atoms with E-state index in [0.717, 1.165) is 28.2 Å². The molecule has 0 unspecified atom stereocenters. The summed E-state index contributed by atoms with van der Waals surface area (Å²) in [5, 5.41) is 9.85. The average Bonchev–Trinajstić information content (AvgIpc) is 3.11. The van der Waals surface area contributed by atoms with Crippen molar-refractivity contribution in [2.45, 2.75) is 19.8 Å². The van der Waals surface area contributed by atoms with Gasteiger partial charge in [0.15, 0.2) is 17.1 Å². The van der Waals surface area contributed by atoms with Gasteiger partial charge < -0.3 is 9.84 Å². The van der Waals surface area contributed by atoms with Crippen LogP contribution in [0, 0.1) is 0 Å². The van der Waals surface area contributed by atoms with Crippen LogP contribution in [0.1, 0.15) is 25.3 Å². The number of benzene rings is 2. The van der Waals surface area contributed by atoms with Gasteiger partial charge in [-0.1, -0.05) is 32.0 Å². The minimum absolute atomic E-state index is 0.114. The van der Waals surface area contributed by atoms with Gasteiger partial charge in [0.05, 0.1) is 30.9 Å². The molecule has 4 rings (SSSR count). The fourth-order valence-corrected chi connectivity index (χ4v) is 3.15. The van der Waals surface area contributed by atoms with E-state index in [1.54, 1.807) is 24.5 Å². The van der Waals surface area contributed by atoms with Gasteiger partial charge in [-0.3, -0.25) is 9.38 Å². The topological polar surface area (TPSA) is 59.7 Å². The second-order valence-electron chi connectivity index (χ2n) is 6.81. The van der Waals surface area contributed by atoms with E-state index < -0.39 is 0 Å². The molecule has 0 saturated carbocycles. The Morgan fingerprint density at radius 2 is 1.85 bits per heavy atom. The molecule has 5 heteroatoms. The zero-order chi connectivity index (χ0) is 19.0. The highest BCUT2D eigenvalue weighted by molar-refractivity contribution is 5.69. The van der Waals surface area contributed by atoms with Crippen molar-refractivity contribution >= 4 is 5.65 Å². The standard InChI is InChI=1S/C22H21N3O2/c1-14(2)15-5-4-6-16(9-15)18-13-25-19(11-24-22(25)12-23-18)17-7-8-20(26)21(10-17)27-3/h4-14,26H,1-3H3. The van der Waals surface area contributed by atoms with Crippen LogP contribution in [-0.4, -0.2) is 26.6 Å². The van der Waals surface area contributed by atoms with Crippen molar-refractivity contribution in [2.75, 3.05) is 7.11 Å². The van der Waals surface area contributed by atoms with Gasteiger partial charge in [0.1, 0.15) is 0 Å². The zero-order valence-corrected chi connectivity index (χ0v) is 15.5. The molecular weight excluding hydrogens is 338 g/mol. The predicted molar refractivity (Wildman–Crippen MR) is 106 cm³/mol. The van der Waals surface area contributed by atoms with Crippen molar-refractivity contribution < 1.29 is 9.84 Å². The van der Waals surface area contributed by atoms with Crippen LogP contribution < -0.4 is 4.74 Å². The van der Waals surface area contributed by atoms with Crippen LogP contribution in [0.3, 0.4) is 0 Å². The van der Waals surface area contributed by atoms with Crippen LogP contribution in [0.25, 0.3) is 28.2 Å². The Kier molecular flexibility index (Phi) is 4.28. The Labute approximate surface area is 157 Å². The van der Waals surface area contributed by atoms with Gasteiger partial charge in [0.2, 0.25) is 0 Å². The van der Waals surface area contributed by atoms with Gasteiger partial charge in [0, 0.05) is 17.3 Å². The number of hydrogen-bond acceptors (Lipinski definition) is 4. The van der Waals surface area contributed by atoms with Crippen molar-refractivity contribution in [1.82, 2.24) is 14.4 Å². The van der Waals surface area contributed by atoms with Gasteiger partial charge in [-0.25, -0.2) is 4.98 Å². The fourth-order valence-electron chi connectivity index (χ4n) is 3.15. The van der Waals surface area contributed by atoms with Crippen molar-refractivity contribution in [2.24, 2.45) is 0 Å². The summed E-state index contributed by atoms with van der Waals surface area (Å²) in [6, 6.07) is 13.7. The average molecular weight is 359 g/mol. The molecule has 0 saturated heterocycles. The summed E-state index contributed by atoms with van der Waals surface area (Å²) >= 11 is 0. The first-order valence-corrected chi connectivity index (χ1v) is 8.87. The first-order chi connectivity index (χ1) is 13.1. The summed E-state index contributed by atoms with van der Waals surface area (Å²) in [6.07, 6.45) is 5.58. The first-order valence-electron chi connectivity index (χ1n) is 8.87. The van der Waals surface area contributed by atoms with E-state index in [0.29, 0.717) is 11.7 Å².